The number of phenols is 1. The molecule has 5 rings (SSSR count). The maximum atomic E-state index is 13.8. The van der Waals surface area contributed by atoms with E-state index in [9.17, 15) is 33.4 Å². The van der Waals surface area contributed by atoms with E-state index in [-0.39, 0.29) is 22.6 Å². The Labute approximate surface area is 235 Å². The van der Waals surface area contributed by atoms with Crippen LogP contribution in [0.4, 0.5) is 0 Å². The van der Waals surface area contributed by atoms with Crippen molar-refractivity contribution in [3.05, 3.63) is 102 Å². The highest BCUT2D eigenvalue weighted by Crippen LogP contribution is 2.32. The molecule has 2 amide bonds. The van der Waals surface area contributed by atoms with Crippen LogP contribution in [0, 0.1) is 5.92 Å². The first-order valence-corrected chi connectivity index (χ1v) is 14.3. The molecule has 6 N–H and O–H groups in total. The Morgan fingerprint density at radius 2 is 1.73 bits per heavy atom. The van der Waals surface area contributed by atoms with Gasteiger partial charge in [0.15, 0.2) is 0 Å². The van der Waals surface area contributed by atoms with E-state index in [0.29, 0.717) is 22.9 Å². The third-order valence-electron chi connectivity index (χ3n) is 7.17. The number of amides is 2. The van der Waals surface area contributed by atoms with E-state index in [0.717, 1.165) is 5.56 Å². The molecule has 0 radical (unpaired) electrons. The minimum Gasteiger partial charge on any atom is -0.508 e. The van der Waals surface area contributed by atoms with Crippen LogP contribution in [-0.4, -0.2) is 52.8 Å². The molecule has 0 bridgehead atoms. The summed E-state index contributed by atoms with van der Waals surface area (Å²) in [6, 6.07) is 18.4. The van der Waals surface area contributed by atoms with Gasteiger partial charge < -0.3 is 15.5 Å². The molecule has 1 aliphatic carbocycles. The number of rotatable bonds is 9. The van der Waals surface area contributed by atoms with Gasteiger partial charge in [-0.1, -0.05) is 54.6 Å². The molecule has 3 aromatic carbocycles. The van der Waals surface area contributed by atoms with Crippen molar-refractivity contribution >= 4 is 32.7 Å². The summed E-state index contributed by atoms with van der Waals surface area (Å²) < 4.78 is 29.6. The van der Waals surface area contributed by atoms with Gasteiger partial charge in [-0.15, -0.1) is 0 Å². The predicted molar refractivity (Wildman–Crippen MR) is 148 cm³/mol. The number of aliphatic hydroxyl groups excluding tert-OH is 1. The fourth-order valence-electron chi connectivity index (χ4n) is 5.22. The van der Waals surface area contributed by atoms with Crippen molar-refractivity contribution in [3.8, 4) is 5.75 Å². The summed E-state index contributed by atoms with van der Waals surface area (Å²) in [6.45, 7) is 0. The Morgan fingerprint density at radius 1 is 0.976 bits per heavy atom. The van der Waals surface area contributed by atoms with Crippen LogP contribution in [0.15, 0.2) is 90.0 Å². The first-order valence-electron chi connectivity index (χ1n) is 12.8. The lowest BCUT2D eigenvalue weighted by Crippen LogP contribution is -2.55. The second kappa shape index (κ2) is 11.6. The molecule has 4 atom stereocenters. The fourth-order valence-corrected chi connectivity index (χ4v) is 6.63. The number of nitrogens with zero attached hydrogens (tertiary/aromatic N) is 1. The van der Waals surface area contributed by atoms with E-state index in [1.807, 2.05) is 12.1 Å². The van der Waals surface area contributed by atoms with Crippen LogP contribution in [0.3, 0.4) is 0 Å². The summed E-state index contributed by atoms with van der Waals surface area (Å²) in [5, 5.41) is 33.6. The zero-order valence-electron chi connectivity index (χ0n) is 21.6. The van der Waals surface area contributed by atoms with Crippen LogP contribution in [0.5, 0.6) is 5.75 Å². The average Bonchev–Trinajstić information content (AvgIpc) is 3.28. The van der Waals surface area contributed by atoms with E-state index < -0.39 is 45.9 Å². The van der Waals surface area contributed by atoms with E-state index in [2.05, 4.69) is 15.0 Å². The topological polar surface area (TPSA) is 178 Å². The maximum Gasteiger partial charge on any atom is 0.262 e. The Bertz CT molecular complexity index is 1710. The Kier molecular flexibility index (Phi) is 7.99. The van der Waals surface area contributed by atoms with Crippen molar-refractivity contribution in [2.45, 2.75) is 35.9 Å². The van der Waals surface area contributed by atoms with E-state index >= 15 is 0 Å². The predicted octanol–water partition coefficient (Wildman–Crippen LogP) is 1.73. The van der Waals surface area contributed by atoms with E-state index in [1.165, 1.54) is 35.9 Å². The summed E-state index contributed by atoms with van der Waals surface area (Å²) in [5.74, 6) is -3.43. The number of carbonyl (C=O) groups is 2. The number of nitrogens with one attached hydrogen (secondary N) is 3. The lowest BCUT2D eigenvalue weighted by Gasteiger charge is -2.28. The second-order valence-corrected chi connectivity index (χ2v) is 11.5. The molecule has 212 valence electrons. The first-order chi connectivity index (χ1) is 19.7. The highest BCUT2D eigenvalue weighted by Gasteiger charge is 2.40. The number of aromatic hydroxyl groups is 1. The average molecular weight is 577 g/mol. The summed E-state index contributed by atoms with van der Waals surface area (Å²) >= 11 is 0. The van der Waals surface area contributed by atoms with Crippen LogP contribution in [0.25, 0.3) is 10.9 Å². The molecule has 1 heterocycles. The van der Waals surface area contributed by atoms with Gasteiger partial charge in [0.25, 0.3) is 5.91 Å². The molecule has 11 nitrogen and oxygen atoms in total. The van der Waals surface area contributed by atoms with Crippen LogP contribution in [0.2, 0.25) is 0 Å². The third-order valence-corrected chi connectivity index (χ3v) is 8.64. The van der Waals surface area contributed by atoms with Crippen LogP contribution in [-0.2, 0) is 32.5 Å². The number of aromatic nitrogens is 1. The molecular weight excluding hydrogens is 548 g/mol. The van der Waals surface area contributed by atoms with Gasteiger partial charge in [-0.05, 0) is 47.4 Å². The molecule has 0 saturated heterocycles. The number of carbonyl (C=O) groups excluding carboxylic acids is 2. The number of pyridine rings is 1. The van der Waals surface area contributed by atoms with Gasteiger partial charge in [0, 0.05) is 18.0 Å². The van der Waals surface area contributed by atoms with Crippen molar-refractivity contribution in [1.29, 1.82) is 0 Å². The quantitative estimate of drug-likeness (QED) is 0.129. The van der Waals surface area contributed by atoms with Crippen molar-refractivity contribution in [2.24, 2.45) is 5.92 Å². The maximum absolute atomic E-state index is 13.8. The molecule has 1 aromatic heterocycles. The molecule has 4 unspecified atom stereocenters. The number of fused-ring (bicyclic) bond motifs is 2. The van der Waals surface area contributed by atoms with Crippen molar-refractivity contribution < 1.29 is 33.4 Å². The summed E-state index contributed by atoms with van der Waals surface area (Å²) in [7, 11) is -4.47. The molecule has 41 heavy (non-hydrogen) atoms. The molecule has 0 fully saturated rings. The summed E-state index contributed by atoms with van der Waals surface area (Å²) in [5.41, 5.74) is 3.61. The van der Waals surface area contributed by atoms with Crippen molar-refractivity contribution in [3.63, 3.8) is 0 Å². The Morgan fingerprint density at radius 3 is 2.51 bits per heavy atom. The first kappa shape index (κ1) is 28.2. The van der Waals surface area contributed by atoms with Gasteiger partial charge in [-0.2, -0.15) is 4.72 Å². The van der Waals surface area contributed by atoms with Crippen LogP contribution >= 0.6 is 0 Å². The van der Waals surface area contributed by atoms with Crippen LogP contribution in [0.1, 0.15) is 22.7 Å². The fraction of sp³-hybridized carbons (Fsp3) is 0.207. The summed E-state index contributed by atoms with van der Waals surface area (Å²) in [4.78, 5) is 30.8. The molecular formula is C29H28N4O7S. The second-order valence-electron chi connectivity index (χ2n) is 9.84. The lowest BCUT2D eigenvalue weighted by atomic mass is 9.90. The number of phenolic OH excluding ortho intramolecular Hbond substituents is 1. The minimum atomic E-state index is -4.47. The lowest BCUT2D eigenvalue weighted by molar-refractivity contribution is -0.137. The number of hydroxylamine groups is 1. The normalized spacial score (nSPS) is 17.9. The smallest absolute Gasteiger partial charge is 0.262 e. The van der Waals surface area contributed by atoms with Crippen molar-refractivity contribution in [2.75, 3.05) is 0 Å². The number of sulfonamides is 1. The van der Waals surface area contributed by atoms with Crippen molar-refractivity contribution in [1.82, 2.24) is 20.5 Å². The highest BCUT2D eigenvalue weighted by atomic mass is 32.2. The minimum absolute atomic E-state index is 0.0904. The van der Waals surface area contributed by atoms with Gasteiger partial charge in [0.2, 0.25) is 15.9 Å². The number of para-hydroxylation sites is 1. The monoisotopic (exact) mass is 576 g/mol. The van der Waals surface area contributed by atoms with Gasteiger partial charge in [0.05, 0.1) is 23.6 Å². The van der Waals surface area contributed by atoms with Gasteiger partial charge >= 0.3 is 0 Å². The standard InChI is InChI=1S/C29H28N4O7S/c34-20-10-3-6-17(14-20)15-22(28(36)31-26-21-11-2-1-7-19(21)16-23(26)35)27(29(37)32-38)33-41(39,40)24-12-4-8-18-9-5-13-30-25(18)24/h1-14,22-23,26-27,33-35,38H,15-16H2,(H,31,36)(H,32,37). The third kappa shape index (κ3) is 5.91. The zero-order chi connectivity index (χ0) is 29.1. The van der Waals surface area contributed by atoms with E-state index in [4.69, 9.17) is 0 Å². The van der Waals surface area contributed by atoms with E-state index in [1.54, 1.807) is 42.5 Å². The largest absolute Gasteiger partial charge is 0.508 e. The molecule has 0 aliphatic heterocycles. The molecule has 0 spiro atoms. The molecule has 12 heteroatoms. The number of aliphatic hydroxyl groups is 1. The van der Waals surface area contributed by atoms with Crippen LogP contribution < -0.4 is 15.5 Å². The Balaban J connectivity index is 1.53. The highest BCUT2D eigenvalue weighted by molar-refractivity contribution is 7.89. The Hall–Kier alpha value is -4.36. The van der Waals surface area contributed by atoms with Gasteiger partial charge in [0.1, 0.15) is 16.7 Å². The molecule has 1 aliphatic rings. The number of hydrogen-bond acceptors (Lipinski definition) is 8. The molecule has 4 aromatic rings. The van der Waals surface area contributed by atoms with Gasteiger partial charge in [-0.25, -0.2) is 13.9 Å². The SMILES string of the molecule is O=C(NC1c2ccccc2CC1O)C(Cc1cccc(O)c1)C(NS(=O)(=O)c1cccc2cccnc12)C(=O)NO. The number of hydrogen-bond donors (Lipinski definition) is 6. The number of benzene rings is 3. The zero-order valence-corrected chi connectivity index (χ0v) is 22.5. The van der Waals surface area contributed by atoms with Gasteiger partial charge in [-0.3, -0.25) is 19.8 Å². The summed E-state index contributed by atoms with van der Waals surface area (Å²) in [6.07, 6.45) is 0.599. The molecule has 0 saturated carbocycles.